The molecule has 0 unspecified atom stereocenters. The zero-order valence-corrected chi connectivity index (χ0v) is 15.2. The van der Waals surface area contributed by atoms with Crippen molar-refractivity contribution in [3.8, 4) is 0 Å². The second-order valence-electron chi connectivity index (χ2n) is 4.24. The number of hydrogen-bond donors (Lipinski definition) is 0. The number of halogens is 2. The van der Waals surface area contributed by atoms with Crippen LogP contribution in [0.25, 0.3) is 0 Å². The molecule has 0 saturated heterocycles. The van der Waals surface area contributed by atoms with Gasteiger partial charge < -0.3 is 0 Å². The first-order valence-corrected chi connectivity index (χ1v) is 5.77. The third-order valence-electron chi connectivity index (χ3n) is 2.34. The van der Waals surface area contributed by atoms with Crippen molar-refractivity contribution in [2.75, 3.05) is 0 Å². The summed E-state index contributed by atoms with van der Waals surface area (Å²) in [5.41, 5.74) is 1.41. The predicted octanol–water partition coefficient (Wildman–Crippen LogP) is 5.26. The van der Waals surface area contributed by atoms with Crippen LogP contribution in [0.15, 0.2) is 36.0 Å². The van der Waals surface area contributed by atoms with Gasteiger partial charge in [-0.15, -0.1) is 37.7 Å². The van der Waals surface area contributed by atoms with Gasteiger partial charge in [0.05, 0.1) is 0 Å². The van der Waals surface area contributed by atoms with E-state index in [0.29, 0.717) is 0 Å². The topological polar surface area (TPSA) is 0 Å². The van der Waals surface area contributed by atoms with E-state index < -0.39 is 0 Å². The van der Waals surface area contributed by atoms with Crippen LogP contribution in [0, 0.1) is 18.1 Å². The Labute approximate surface area is 144 Å². The summed E-state index contributed by atoms with van der Waals surface area (Å²) < 4.78 is 0. The molecule has 0 spiro atoms. The minimum absolute atomic E-state index is 0. The van der Waals surface area contributed by atoms with Crippen LogP contribution in [-0.2, 0) is 26.2 Å². The Hall–Kier alpha value is 0.423. The SMILES string of the molecule is CC(C)CCC1=[C-]CC=C1.Cl.Cl.[C-]1=CC=CC1.[Zr+2]. The van der Waals surface area contributed by atoms with Gasteiger partial charge in [-0.05, 0) is 12.3 Å². The van der Waals surface area contributed by atoms with Gasteiger partial charge in [-0.2, -0.15) is 12.2 Å². The molecule has 2 aliphatic rings. The summed E-state index contributed by atoms with van der Waals surface area (Å²) in [7, 11) is 0. The zero-order chi connectivity index (χ0) is 10.9. The molecule has 0 N–H and O–H groups in total. The Kier molecular flexibility index (Phi) is 20.2. The Bertz CT molecular complexity index is 279. The van der Waals surface area contributed by atoms with Crippen molar-refractivity contribution in [1.82, 2.24) is 0 Å². The fourth-order valence-corrected chi connectivity index (χ4v) is 1.41. The van der Waals surface area contributed by atoms with Crippen LogP contribution < -0.4 is 0 Å². The van der Waals surface area contributed by atoms with Gasteiger partial charge in [0, 0.05) is 0 Å². The van der Waals surface area contributed by atoms with Gasteiger partial charge in [0.25, 0.3) is 0 Å². The van der Waals surface area contributed by atoms with Crippen molar-refractivity contribution >= 4 is 24.8 Å². The molecule has 0 amide bonds. The number of hydrogen-bond acceptors (Lipinski definition) is 0. The van der Waals surface area contributed by atoms with Crippen LogP contribution >= 0.6 is 24.8 Å². The molecule has 2 rings (SSSR count). The molecule has 0 aromatic carbocycles. The fourth-order valence-electron chi connectivity index (χ4n) is 1.41. The minimum atomic E-state index is 0. The third-order valence-corrected chi connectivity index (χ3v) is 2.34. The van der Waals surface area contributed by atoms with E-state index in [1.165, 1.54) is 18.4 Å². The average Bonchev–Trinajstić information content (AvgIpc) is 2.91. The van der Waals surface area contributed by atoms with Crippen LogP contribution in [0.2, 0.25) is 0 Å². The van der Waals surface area contributed by atoms with Gasteiger partial charge >= 0.3 is 26.2 Å². The van der Waals surface area contributed by atoms with Gasteiger partial charge in [0.2, 0.25) is 0 Å². The summed E-state index contributed by atoms with van der Waals surface area (Å²) >= 11 is 0. The van der Waals surface area contributed by atoms with Gasteiger partial charge in [-0.1, -0.05) is 20.3 Å². The maximum Gasteiger partial charge on any atom is 2.00 e. The summed E-state index contributed by atoms with van der Waals surface area (Å²) in [6, 6.07) is 0. The maximum absolute atomic E-state index is 3.32. The van der Waals surface area contributed by atoms with Crippen molar-refractivity contribution in [1.29, 1.82) is 0 Å². The Balaban J connectivity index is -0.000000245. The van der Waals surface area contributed by atoms with Crippen molar-refractivity contribution in [3.05, 3.63) is 48.1 Å². The van der Waals surface area contributed by atoms with Crippen LogP contribution in [0.1, 0.15) is 39.5 Å². The van der Waals surface area contributed by atoms with Crippen molar-refractivity contribution in [2.45, 2.75) is 39.5 Å². The van der Waals surface area contributed by atoms with E-state index in [-0.39, 0.29) is 51.0 Å². The molecule has 0 saturated carbocycles. The van der Waals surface area contributed by atoms with Gasteiger partial charge in [-0.25, -0.2) is 23.8 Å². The quantitative estimate of drug-likeness (QED) is 0.599. The molecule has 0 atom stereocenters. The average molecular weight is 364 g/mol. The van der Waals surface area contributed by atoms with Gasteiger partial charge in [0.15, 0.2) is 0 Å². The van der Waals surface area contributed by atoms with E-state index >= 15 is 0 Å². The summed E-state index contributed by atoms with van der Waals surface area (Å²) in [4.78, 5) is 0. The Morgan fingerprint density at radius 2 is 1.89 bits per heavy atom. The number of rotatable bonds is 3. The molecule has 0 bridgehead atoms. The van der Waals surface area contributed by atoms with E-state index in [2.05, 4.69) is 44.2 Å². The summed E-state index contributed by atoms with van der Waals surface area (Å²) in [6.45, 7) is 4.53. The predicted molar refractivity (Wildman–Crippen MR) is 80.7 cm³/mol. The molecule has 0 fully saturated rings. The van der Waals surface area contributed by atoms with Gasteiger partial charge in [-0.3, -0.25) is 12.2 Å². The first-order chi connectivity index (χ1) is 7.29. The molecule has 0 heterocycles. The van der Waals surface area contributed by atoms with E-state index in [1.807, 2.05) is 12.2 Å². The molecule has 0 aliphatic heterocycles. The smallest absolute Gasteiger partial charge is 0.273 e. The molecular weight excluding hydrogens is 342 g/mol. The second kappa shape index (κ2) is 15.5. The van der Waals surface area contributed by atoms with Crippen molar-refractivity contribution in [2.24, 2.45) is 5.92 Å². The Morgan fingerprint density at radius 3 is 2.22 bits per heavy atom. The first-order valence-electron chi connectivity index (χ1n) is 5.77. The van der Waals surface area contributed by atoms with Crippen LogP contribution in [0.5, 0.6) is 0 Å². The first kappa shape index (κ1) is 23.5. The largest absolute Gasteiger partial charge is 2.00 e. The number of allylic oxidation sites excluding steroid dienone is 8. The molecule has 2 aliphatic carbocycles. The molecule has 3 heteroatoms. The zero-order valence-electron chi connectivity index (χ0n) is 11.1. The third kappa shape index (κ3) is 12.9. The minimum Gasteiger partial charge on any atom is -0.273 e. The standard InChI is InChI=1S/C10H15.C5H5.2ClH.Zr/c1-9(2)7-8-10-5-3-4-6-10;1-2-4-5-3-1;;;/h3,5,9H,4,7-8H2,1-2H3;1-3H,4H2;2*1H;/q2*-1;;;+2. The normalized spacial score (nSPS) is 14.1. The van der Waals surface area contributed by atoms with E-state index in [1.54, 1.807) is 0 Å². The monoisotopic (exact) mass is 362 g/mol. The van der Waals surface area contributed by atoms with Crippen LogP contribution in [0.4, 0.5) is 0 Å². The molecule has 0 radical (unpaired) electrons. The maximum atomic E-state index is 3.32. The molecule has 0 aromatic rings. The summed E-state index contributed by atoms with van der Waals surface area (Å²) in [5.74, 6) is 0.822. The van der Waals surface area contributed by atoms with E-state index in [0.717, 1.165) is 18.8 Å². The molecular formula is C15H22Cl2Zr. The van der Waals surface area contributed by atoms with Crippen LogP contribution in [0.3, 0.4) is 0 Å². The van der Waals surface area contributed by atoms with Crippen molar-refractivity contribution < 1.29 is 26.2 Å². The molecule has 0 nitrogen and oxygen atoms in total. The van der Waals surface area contributed by atoms with E-state index in [4.69, 9.17) is 0 Å². The molecule has 18 heavy (non-hydrogen) atoms. The molecule has 0 aromatic heterocycles. The van der Waals surface area contributed by atoms with Crippen molar-refractivity contribution in [3.63, 3.8) is 0 Å². The second-order valence-corrected chi connectivity index (χ2v) is 4.24. The Morgan fingerprint density at radius 1 is 1.17 bits per heavy atom. The summed E-state index contributed by atoms with van der Waals surface area (Å²) in [6.07, 6.45) is 21.2. The van der Waals surface area contributed by atoms with Gasteiger partial charge in [0.1, 0.15) is 0 Å². The molecule has 100 valence electrons. The summed E-state index contributed by atoms with van der Waals surface area (Å²) in [5, 5.41) is 0. The van der Waals surface area contributed by atoms with Crippen LogP contribution in [-0.4, -0.2) is 0 Å². The van der Waals surface area contributed by atoms with E-state index in [9.17, 15) is 0 Å². The fraction of sp³-hybridized carbons (Fsp3) is 0.467.